The quantitative estimate of drug-likeness (QED) is 0.186. The molecule has 6 heteroatoms. The lowest BCUT2D eigenvalue weighted by atomic mass is 10.0. The zero-order valence-corrected chi connectivity index (χ0v) is 25.0. The van der Waals surface area contributed by atoms with Crippen molar-refractivity contribution in [3.8, 4) is 11.4 Å². The highest BCUT2D eigenvalue weighted by Gasteiger charge is 2.24. The van der Waals surface area contributed by atoms with Crippen LogP contribution in [0.1, 0.15) is 0 Å². The first-order chi connectivity index (χ1) is 23.4. The van der Waals surface area contributed by atoms with Crippen molar-refractivity contribution in [2.75, 3.05) is 0 Å². The third kappa shape index (κ3) is 3.16. The third-order valence-electron chi connectivity index (χ3n) is 9.72. The Bertz CT molecular complexity index is 3060. The Kier molecular flexibility index (Phi) is 4.75. The van der Waals surface area contributed by atoms with Crippen molar-refractivity contribution >= 4 is 82.1 Å². The molecule has 0 fully saturated rings. The molecule has 5 aromatic carbocycles. The summed E-state index contributed by atoms with van der Waals surface area (Å²) in [5, 5.41) is 8.19. The molecule has 0 unspecified atom stereocenters. The minimum absolute atomic E-state index is 0.875. The van der Waals surface area contributed by atoms with Crippen molar-refractivity contribution in [3.05, 3.63) is 146 Å². The monoisotopic (exact) mass is 600 g/mol. The van der Waals surface area contributed by atoms with Crippen molar-refractivity contribution in [3.63, 3.8) is 0 Å². The molecule has 0 aliphatic heterocycles. The molecule has 218 valence electrons. The summed E-state index contributed by atoms with van der Waals surface area (Å²) in [6.07, 6.45) is 5.55. The number of para-hydroxylation sites is 3. The lowest BCUT2D eigenvalue weighted by Crippen LogP contribution is -1.96. The largest absolute Gasteiger partial charge is 0.309 e. The van der Waals surface area contributed by atoms with Gasteiger partial charge in [-0.15, -0.1) is 0 Å². The van der Waals surface area contributed by atoms with Crippen LogP contribution in [0.4, 0.5) is 0 Å². The van der Waals surface area contributed by atoms with Crippen LogP contribution in [0.25, 0.3) is 93.5 Å². The first kappa shape index (κ1) is 24.8. The van der Waals surface area contributed by atoms with Crippen LogP contribution in [-0.4, -0.2) is 28.5 Å². The fourth-order valence-corrected chi connectivity index (χ4v) is 7.90. The predicted molar refractivity (Wildman–Crippen MR) is 192 cm³/mol. The molecular formula is C41H24N6. The van der Waals surface area contributed by atoms with Crippen LogP contribution in [0, 0.1) is 0 Å². The summed E-state index contributed by atoms with van der Waals surface area (Å²) in [7, 11) is 0. The number of nitrogens with zero attached hydrogens (tertiary/aromatic N) is 6. The Morgan fingerprint density at radius 3 is 1.94 bits per heavy atom. The van der Waals surface area contributed by atoms with E-state index in [0.29, 0.717) is 0 Å². The van der Waals surface area contributed by atoms with Crippen LogP contribution in [0.15, 0.2) is 146 Å². The number of fused-ring (bicyclic) bond motifs is 16. The highest BCUT2D eigenvalue weighted by Crippen LogP contribution is 2.45. The Morgan fingerprint density at radius 2 is 1.11 bits per heavy atom. The third-order valence-corrected chi connectivity index (χ3v) is 9.72. The summed E-state index contributed by atoms with van der Waals surface area (Å²) in [6.45, 7) is 0. The van der Waals surface area contributed by atoms with Crippen LogP contribution in [0.2, 0.25) is 0 Å². The number of benzene rings is 5. The maximum atomic E-state index is 5.15. The number of hydrogen-bond donors (Lipinski definition) is 0. The lowest BCUT2D eigenvalue weighted by Gasteiger charge is -2.11. The van der Waals surface area contributed by atoms with Gasteiger partial charge in [0.25, 0.3) is 0 Å². The molecule has 0 amide bonds. The second-order valence-electron chi connectivity index (χ2n) is 12.1. The van der Waals surface area contributed by atoms with E-state index >= 15 is 0 Å². The summed E-state index contributed by atoms with van der Waals surface area (Å²) in [5.41, 5.74) is 10.6. The van der Waals surface area contributed by atoms with Gasteiger partial charge in [0, 0.05) is 61.5 Å². The van der Waals surface area contributed by atoms with Gasteiger partial charge in [0.1, 0.15) is 11.3 Å². The molecule has 6 heterocycles. The highest BCUT2D eigenvalue weighted by molar-refractivity contribution is 6.34. The molecule has 0 spiro atoms. The fourth-order valence-electron chi connectivity index (χ4n) is 7.90. The van der Waals surface area contributed by atoms with Crippen LogP contribution < -0.4 is 0 Å². The van der Waals surface area contributed by atoms with Gasteiger partial charge in [-0.2, -0.15) is 0 Å². The molecule has 0 atom stereocenters. The van der Waals surface area contributed by atoms with Gasteiger partial charge in [0.2, 0.25) is 0 Å². The van der Waals surface area contributed by atoms with Crippen molar-refractivity contribution in [2.24, 2.45) is 0 Å². The summed E-state index contributed by atoms with van der Waals surface area (Å²) < 4.78 is 7.00. The minimum Gasteiger partial charge on any atom is -0.309 e. The lowest BCUT2D eigenvalue weighted by molar-refractivity contribution is 1.17. The van der Waals surface area contributed by atoms with Crippen molar-refractivity contribution in [2.45, 2.75) is 0 Å². The van der Waals surface area contributed by atoms with E-state index in [1.807, 2.05) is 24.5 Å². The molecular weight excluding hydrogens is 576 g/mol. The van der Waals surface area contributed by atoms with Crippen LogP contribution >= 0.6 is 0 Å². The topological polar surface area (TPSA) is 52.9 Å². The van der Waals surface area contributed by atoms with Gasteiger partial charge in [0.05, 0.1) is 39.3 Å². The number of rotatable bonds is 2. The molecule has 47 heavy (non-hydrogen) atoms. The van der Waals surface area contributed by atoms with Crippen molar-refractivity contribution < 1.29 is 0 Å². The molecule has 0 N–H and O–H groups in total. The SMILES string of the molecule is c1ccc(-n2c3ccccc3c3c2ccc2c4c5c6cccnc6n6c7cnccc7nc6c5ccc4n(-c4ccccc4)c23)cc1. The van der Waals surface area contributed by atoms with Crippen LogP contribution in [0.3, 0.4) is 0 Å². The predicted octanol–water partition coefficient (Wildman–Crippen LogP) is 9.78. The van der Waals surface area contributed by atoms with E-state index in [1.165, 1.54) is 38.1 Å². The maximum absolute atomic E-state index is 5.15. The van der Waals surface area contributed by atoms with Gasteiger partial charge in [-0.3, -0.25) is 9.38 Å². The van der Waals surface area contributed by atoms with Crippen molar-refractivity contribution in [1.82, 2.24) is 28.5 Å². The Hall–Kier alpha value is -6.53. The molecule has 0 saturated carbocycles. The zero-order valence-electron chi connectivity index (χ0n) is 25.0. The molecule has 6 nitrogen and oxygen atoms in total. The zero-order chi connectivity index (χ0) is 30.6. The summed E-state index contributed by atoms with van der Waals surface area (Å²) in [6, 6.07) is 45.5. The average molecular weight is 601 g/mol. The highest BCUT2D eigenvalue weighted by atomic mass is 15.1. The minimum atomic E-state index is 0.875. The summed E-state index contributed by atoms with van der Waals surface area (Å²) in [4.78, 5) is 14.5. The van der Waals surface area contributed by atoms with Gasteiger partial charge in [-0.05, 0) is 66.7 Å². The van der Waals surface area contributed by atoms with E-state index in [1.54, 1.807) is 6.20 Å². The van der Waals surface area contributed by atoms with Gasteiger partial charge >= 0.3 is 0 Å². The van der Waals surface area contributed by atoms with E-state index < -0.39 is 0 Å². The smallest absolute Gasteiger partial charge is 0.147 e. The molecule has 0 aliphatic carbocycles. The average Bonchev–Trinajstić information content (AvgIpc) is 3.80. The fraction of sp³-hybridized carbons (Fsp3) is 0. The Labute approximate surface area is 267 Å². The maximum Gasteiger partial charge on any atom is 0.147 e. The second kappa shape index (κ2) is 9.02. The summed E-state index contributed by atoms with van der Waals surface area (Å²) >= 11 is 0. The number of pyridine rings is 3. The normalized spacial score (nSPS) is 12.3. The summed E-state index contributed by atoms with van der Waals surface area (Å²) in [5.74, 6) is 0. The number of hydrogen-bond acceptors (Lipinski definition) is 3. The van der Waals surface area contributed by atoms with E-state index in [2.05, 4.69) is 134 Å². The van der Waals surface area contributed by atoms with E-state index in [0.717, 1.165) is 55.4 Å². The first-order valence-corrected chi connectivity index (χ1v) is 15.8. The molecule has 0 radical (unpaired) electrons. The van der Waals surface area contributed by atoms with Gasteiger partial charge in [-0.1, -0.05) is 60.7 Å². The van der Waals surface area contributed by atoms with Crippen LogP contribution in [-0.2, 0) is 0 Å². The molecule has 0 saturated heterocycles. The first-order valence-electron chi connectivity index (χ1n) is 15.8. The Morgan fingerprint density at radius 1 is 0.426 bits per heavy atom. The standard InChI is InChI=1S/C41H24N6/c1-3-10-25(11-4-1)45-32-16-8-7-14-27(32)38-34(45)19-17-28-37-33(46(39(28)38)26-12-5-2-6-13-26)20-18-30-36(37)29-15-9-22-43-40(29)47-35-24-42-23-21-31(35)44-41(30)47/h1-24H. The Balaban J connectivity index is 1.43. The number of aromatic nitrogens is 6. The van der Waals surface area contributed by atoms with Gasteiger partial charge in [0.15, 0.2) is 0 Å². The number of imidazole rings is 1. The van der Waals surface area contributed by atoms with Gasteiger partial charge < -0.3 is 9.13 Å². The van der Waals surface area contributed by atoms with E-state index in [4.69, 9.17) is 9.97 Å². The molecule has 6 aromatic heterocycles. The second-order valence-corrected chi connectivity index (χ2v) is 12.1. The molecule has 11 rings (SSSR count). The van der Waals surface area contributed by atoms with Gasteiger partial charge in [-0.25, -0.2) is 9.97 Å². The van der Waals surface area contributed by atoms with E-state index in [9.17, 15) is 0 Å². The molecule has 11 aromatic rings. The van der Waals surface area contributed by atoms with Crippen molar-refractivity contribution in [1.29, 1.82) is 0 Å². The molecule has 0 aliphatic rings. The van der Waals surface area contributed by atoms with E-state index in [-0.39, 0.29) is 0 Å². The molecule has 0 bridgehead atoms. The van der Waals surface area contributed by atoms with Crippen LogP contribution in [0.5, 0.6) is 0 Å².